The monoisotopic (exact) mass is 382 g/mol. The van der Waals surface area contributed by atoms with E-state index in [0.29, 0.717) is 11.5 Å². The average molecular weight is 383 g/mol. The molecule has 0 saturated heterocycles. The lowest BCUT2D eigenvalue weighted by atomic mass is 10.1. The van der Waals surface area contributed by atoms with Gasteiger partial charge in [-0.05, 0) is 52.7 Å². The third-order valence-electron chi connectivity index (χ3n) is 2.71. The maximum Gasteiger partial charge on any atom is 0.279 e. The number of carbonyl (C=O) groups excluding carboxylic acids is 2. The second kappa shape index (κ2) is 7.95. The smallest absolute Gasteiger partial charge is 0.279 e. The summed E-state index contributed by atoms with van der Waals surface area (Å²) in [7, 11) is 0. The van der Waals surface area contributed by atoms with Crippen LogP contribution < -0.4 is 15.6 Å². The Kier molecular flexibility index (Phi) is 5.97. The first-order chi connectivity index (χ1) is 10.6. The molecule has 2 rings (SSSR count). The van der Waals surface area contributed by atoms with Crippen molar-refractivity contribution in [1.29, 1.82) is 0 Å². The van der Waals surface area contributed by atoms with Gasteiger partial charge in [0.25, 0.3) is 5.91 Å². The number of ether oxygens (including phenoxy) is 1. The number of benzene rings is 1. The molecule has 2 N–H and O–H groups in total. The SMILES string of the molecule is CCOc1ccc(CC(=O)NNC(=O)c2ccc(Br)s2)cc1. The van der Waals surface area contributed by atoms with Crippen LogP contribution in [-0.4, -0.2) is 18.4 Å². The molecule has 1 aromatic heterocycles. The molecule has 0 aliphatic rings. The largest absolute Gasteiger partial charge is 0.494 e. The summed E-state index contributed by atoms with van der Waals surface area (Å²) >= 11 is 4.58. The van der Waals surface area contributed by atoms with Crippen molar-refractivity contribution in [2.75, 3.05) is 6.61 Å². The highest BCUT2D eigenvalue weighted by atomic mass is 79.9. The Balaban J connectivity index is 1.81. The molecule has 5 nitrogen and oxygen atoms in total. The first kappa shape index (κ1) is 16.5. The standard InChI is InChI=1S/C15H15BrN2O3S/c1-2-21-11-5-3-10(4-6-11)9-14(19)17-18-15(20)12-7-8-13(16)22-12/h3-8H,2,9H2,1H3,(H,17,19)(H,18,20). The van der Waals surface area contributed by atoms with Crippen molar-refractivity contribution >= 4 is 39.1 Å². The van der Waals surface area contributed by atoms with Gasteiger partial charge in [0.1, 0.15) is 5.75 Å². The minimum atomic E-state index is -0.337. The van der Waals surface area contributed by atoms with Gasteiger partial charge in [-0.25, -0.2) is 0 Å². The number of hydrogen-bond donors (Lipinski definition) is 2. The van der Waals surface area contributed by atoms with Crippen molar-refractivity contribution in [1.82, 2.24) is 10.9 Å². The molecule has 2 amide bonds. The molecular formula is C15H15BrN2O3S. The topological polar surface area (TPSA) is 67.4 Å². The van der Waals surface area contributed by atoms with Gasteiger partial charge in [-0.1, -0.05) is 12.1 Å². The van der Waals surface area contributed by atoms with E-state index in [0.717, 1.165) is 15.1 Å². The van der Waals surface area contributed by atoms with Crippen LogP contribution >= 0.6 is 27.3 Å². The zero-order chi connectivity index (χ0) is 15.9. The van der Waals surface area contributed by atoms with Gasteiger partial charge >= 0.3 is 0 Å². The van der Waals surface area contributed by atoms with Crippen LogP contribution in [0.1, 0.15) is 22.2 Å². The molecule has 0 unspecified atom stereocenters. The van der Waals surface area contributed by atoms with E-state index < -0.39 is 0 Å². The lowest BCUT2D eigenvalue weighted by Gasteiger charge is -2.07. The first-order valence-corrected chi connectivity index (χ1v) is 8.25. The molecule has 0 bridgehead atoms. The van der Waals surface area contributed by atoms with Crippen molar-refractivity contribution < 1.29 is 14.3 Å². The Hall–Kier alpha value is -1.86. The highest BCUT2D eigenvalue weighted by molar-refractivity contribution is 9.11. The van der Waals surface area contributed by atoms with E-state index in [-0.39, 0.29) is 18.2 Å². The number of rotatable bonds is 5. The summed E-state index contributed by atoms with van der Waals surface area (Å²) in [5.74, 6) is 0.145. The first-order valence-electron chi connectivity index (χ1n) is 6.64. The maximum absolute atomic E-state index is 11.8. The fraction of sp³-hybridized carbons (Fsp3) is 0.200. The Morgan fingerprint density at radius 2 is 1.86 bits per heavy atom. The van der Waals surface area contributed by atoms with E-state index in [2.05, 4.69) is 26.8 Å². The molecule has 1 aromatic carbocycles. The zero-order valence-corrected chi connectivity index (χ0v) is 14.3. The highest BCUT2D eigenvalue weighted by Gasteiger charge is 2.10. The molecule has 0 radical (unpaired) electrons. The van der Waals surface area contributed by atoms with E-state index in [9.17, 15) is 9.59 Å². The summed E-state index contributed by atoms with van der Waals surface area (Å²) in [5.41, 5.74) is 5.63. The fourth-order valence-corrected chi connectivity index (χ4v) is 3.01. The number of halogens is 1. The highest BCUT2D eigenvalue weighted by Crippen LogP contribution is 2.21. The quantitative estimate of drug-likeness (QED) is 0.781. The van der Waals surface area contributed by atoms with E-state index >= 15 is 0 Å². The van der Waals surface area contributed by atoms with Crippen molar-refractivity contribution in [2.24, 2.45) is 0 Å². The Morgan fingerprint density at radius 3 is 2.45 bits per heavy atom. The molecule has 0 atom stereocenters. The lowest BCUT2D eigenvalue weighted by molar-refractivity contribution is -0.121. The minimum Gasteiger partial charge on any atom is -0.494 e. The van der Waals surface area contributed by atoms with Crippen molar-refractivity contribution in [3.05, 3.63) is 50.6 Å². The van der Waals surface area contributed by atoms with E-state index in [4.69, 9.17) is 4.74 Å². The zero-order valence-electron chi connectivity index (χ0n) is 11.9. The predicted octanol–water partition coefficient (Wildman–Crippen LogP) is 2.91. The van der Waals surface area contributed by atoms with Gasteiger partial charge in [-0.15, -0.1) is 11.3 Å². The second-order valence-corrected chi connectivity index (χ2v) is 6.82. The van der Waals surface area contributed by atoms with Gasteiger partial charge in [0.05, 0.1) is 21.7 Å². The molecule has 2 aromatic rings. The maximum atomic E-state index is 11.8. The van der Waals surface area contributed by atoms with Crippen LogP contribution in [-0.2, 0) is 11.2 Å². The van der Waals surface area contributed by atoms with E-state index in [1.165, 1.54) is 11.3 Å². The fourth-order valence-electron chi connectivity index (χ4n) is 1.72. The van der Waals surface area contributed by atoms with Gasteiger partial charge in [-0.2, -0.15) is 0 Å². The third-order valence-corrected chi connectivity index (χ3v) is 4.33. The van der Waals surface area contributed by atoms with Gasteiger partial charge in [0.2, 0.25) is 5.91 Å². The van der Waals surface area contributed by atoms with Crippen molar-refractivity contribution in [3.8, 4) is 5.75 Å². The van der Waals surface area contributed by atoms with Crippen molar-refractivity contribution in [3.63, 3.8) is 0 Å². The second-order valence-electron chi connectivity index (χ2n) is 4.36. The molecule has 116 valence electrons. The van der Waals surface area contributed by atoms with Crippen LogP contribution in [0.4, 0.5) is 0 Å². The molecule has 0 saturated carbocycles. The molecule has 0 aliphatic heterocycles. The summed E-state index contributed by atoms with van der Waals surface area (Å²) in [6.45, 7) is 2.51. The van der Waals surface area contributed by atoms with E-state index in [1.807, 2.05) is 31.2 Å². The molecular weight excluding hydrogens is 368 g/mol. The van der Waals surface area contributed by atoms with Gasteiger partial charge in [0.15, 0.2) is 0 Å². The van der Waals surface area contributed by atoms with Gasteiger partial charge in [0, 0.05) is 0 Å². The molecule has 0 aliphatic carbocycles. The number of hydrazine groups is 1. The van der Waals surface area contributed by atoms with Crippen LogP contribution in [0.3, 0.4) is 0 Å². The number of carbonyl (C=O) groups is 2. The number of hydrogen-bond acceptors (Lipinski definition) is 4. The van der Waals surface area contributed by atoms with E-state index in [1.54, 1.807) is 12.1 Å². The van der Waals surface area contributed by atoms with Crippen LogP contribution in [0, 0.1) is 0 Å². The summed E-state index contributed by atoms with van der Waals surface area (Å²) in [4.78, 5) is 24.1. The number of nitrogens with one attached hydrogen (secondary N) is 2. The van der Waals surface area contributed by atoms with Crippen LogP contribution in [0.15, 0.2) is 40.2 Å². The van der Waals surface area contributed by atoms with Gasteiger partial charge in [-0.3, -0.25) is 20.4 Å². The summed E-state index contributed by atoms with van der Waals surface area (Å²) in [6, 6.07) is 10.7. The molecule has 1 heterocycles. The summed E-state index contributed by atoms with van der Waals surface area (Å²) < 4.78 is 6.20. The Labute approximate surface area is 140 Å². The Bertz CT molecular complexity index is 655. The molecule has 22 heavy (non-hydrogen) atoms. The number of thiophene rings is 1. The van der Waals surface area contributed by atoms with Crippen LogP contribution in [0.25, 0.3) is 0 Å². The lowest BCUT2D eigenvalue weighted by Crippen LogP contribution is -2.42. The summed E-state index contributed by atoms with van der Waals surface area (Å²) in [6.07, 6.45) is 0.181. The Morgan fingerprint density at radius 1 is 1.14 bits per heavy atom. The van der Waals surface area contributed by atoms with Crippen LogP contribution in [0.2, 0.25) is 0 Å². The molecule has 0 fully saturated rings. The molecule has 7 heteroatoms. The average Bonchev–Trinajstić information content (AvgIpc) is 2.94. The van der Waals surface area contributed by atoms with Gasteiger partial charge < -0.3 is 4.74 Å². The number of amides is 2. The minimum absolute atomic E-state index is 0.181. The normalized spacial score (nSPS) is 10.1. The summed E-state index contributed by atoms with van der Waals surface area (Å²) in [5, 5.41) is 0. The predicted molar refractivity (Wildman–Crippen MR) is 88.9 cm³/mol. The molecule has 0 spiro atoms. The van der Waals surface area contributed by atoms with Crippen molar-refractivity contribution in [2.45, 2.75) is 13.3 Å². The third kappa shape index (κ3) is 4.85. The van der Waals surface area contributed by atoms with Crippen LogP contribution in [0.5, 0.6) is 5.75 Å².